The zero-order chi connectivity index (χ0) is 24.8. The number of carbonyl (C=O) groups excluding carboxylic acids is 3. The van der Waals surface area contributed by atoms with E-state index >= 15 is 0 Å². The molecule has 1 aromatic heterocycles. The minimum atomic E-state index is -0.298. The molecule has 9 nitrogen and oxygen atoms in total. The van der Waals surface area contributed by atoms with Crippen molar-refractivity contribution in [2.75, 3.05) is 39.2 Å². The lowest BCUT2D eigenvalue weighted by Gasteiger charge is -2.36. The number of ether oxygens (including phenoxy) is 2. The topological polar surface area (TPSA) is 101 Å². The number of carbonyl (C=O) groups is 3. The van der Waals surface area contributed by atoms with Gasteiger partial charge in [0.15, 0.2) is 0 Å². The first kappa shape index (κ1) is 25.2. The SMILES string of the molecule is CO[C@H]1CN(C)C(=O)c2cc(NC(C)=O)ccc2OC[C@H](C)N(C(=O)c2cccnc2)C[C@H]1C. The molecular formula is C25H32N4O5. The Morgan fingerprint density at radius 3 is 2.62 bits per heavy atom. The predicted molar refractivity (Wildman–Crippen MR) is 128 cm³/mol. The summed E-state index contributed by atoms with van der Waals surface area (Å²) in [6.45, 7) is 6.24. The molecule has 3 atom stereocenters. The second kappa shape index (κ2) is 11.1. The second-order valence-corrected chi connectivity index (χ2v) is 8.69. The minimum absolute atomic E-state index is 0.0621. The van der Waals surface area contributed by atoms with Crippen LogP contribution in [0.3, 0.4) is 0 Å². The van der Waals surface area contributed by atoms with Crippen LogP contribution in [0, 0.1) is 5.92 Å². The van der Waals surface area contributed by atoms with E-state index in [1.54, 1.807) is 66.7 Å². The summed E-state index contributed by atoms with van der Waals surface area (Å²) in [6, 6.07) is 8.13. The largest absolute Gasteiger partial charge is 0.491 e. The van der Waals surface area contributed by atoms with Gasteiger partial charge in [0.2, 0.25) is 5.91 Å². The van der Waals surface area contributed by atoms with Gasteiger partial charge in [0.05, 0.1) is 23.3 Å². The van der Waals surface area contributed by atoms with Gasteiger partial charge in [-0.3, -0.25) is 19.4 Å². The lowest BCUT2D eigenvalue weighted by Crippen LogP contribution is -2.48. The van der Waals surface area contributed by atoms with Gasteiger partial charge in [-0.1, -0.05) is 6.92 Å². The quantitative estimate of drug-likeness (QED) is 0.743. The van der Waals surface area contributed by atoms with Gasteiger partial charge < -0.3 is 24.6 Å². The van der Waals surface area contributed by atoms with Crippen LogP contribution in [0.25, 0.3) is 0 Å². The summed E-state index contributed by atoms with van der Waals surface area (Å²) in [4.78, 5) is 45.6. The highest BCUT2D eigenvalue weighted by atomic mass is 16.5. The Bertz CT molecular complexity index is 1030. The molecule has 2 heterocycles. The van der Waals surface area contributed by atoms with E-state index in [2.05, 4.69) is 10.3 Å². The summed E-state index contributed by atoms with van der Waals surface area (Å²) in [6.07, 6.45) is 2.88. The first-order valence-electron chi connectivity index (χ1n) is 11.2. The van der Waals surface area contributed by atoms with Crippen LogP contribution in [-0.4, -0.2) is 78.5 Å². The molecule has 9 heteroatoms. The van der Waals surface area contributed by atoms with Gasteiger partial charge in [-0.15, -0.1) is 0 Å². The fourth-order valence-electron chi connectivity index (χ4n) is 4.00. The van der Waals surface area contributed by atoms with Crippen molar-refractivity contribution in [3.8, 4) is 5.75 Å². The van der Waals surface area contributed by atoms with E-state index in [0.717, 1.165) is 0 Å². The molecule has 0 saturated carbocycles. The third-order valence-electron chi connectivity index (χ3n) is 5.93. The molecule has 0 aliphatic carbocycles. The lowest BCUT2D eigenvalue weighted by atomic mass is 10.0. The molecule has 0 saturated heterocycles. The van der Waals surface area contributed by atoms with Crippen molar-refractivity contribution in [2.45, 2.75) is 32.9 Å². The number of hydrogen-bond acceptors (Lipinski definition) is 6. The summed E-state index contributed by atoms with van der Waals surface area (Å²) >= 11 is 0. The number of nitrogens with one attached hydrogen (secondary N) is 1. The standard InChI is InChI=1S/C25H32N4O5/c1-16-13-29(24(31)19-7-6-10-26-12-19)17(2)15-34-22-9-8-20(27-18(3)30)11-21(22)25(32)28(4)14-23(16)33-5/h6-12,16-17,23H,13-15H2,1-5H3,(H,27,30)/t16-,17+,23+/m1/s1. The number of anilines is 1. The minimum Gasteiger partial charge on any atom is -0.491 e. The predicted octanol–water partition coefficient (Wildman–Crippen LogP) is 2.69. The lowest BCUT2D eigenvalue weighted by molar-refractivity contribution is -0.114. The molecule has 0 fully saturated rings. The van der Waals surface area contributed by atoms with Crippen LogP contribution in [0.1, 0.15) is 41.5 Å². The van der Waals surface area contributed by atoms with Crippen LogP contribution in [0.2, 0.25) is 0 Å². The van der Waals surface area contributed by atoms with Crippen LogP contribution in [0.5, 0.6) is 5.75 Å². The molecule has 0 spiro atoms. The molecular weight excluding hydrogens is 436 g/mol. The molecule has 0 bridgehead atoms. The van der Waals surface area contributed by atoms with Crippen molar-refractivity contribution >= 4 is 23.4 Å². The molecule has 2 aromatic rings. The number of nitrogens with zero attached hydrogens (tertiary/aromatic N) is 3. The van der Waals surface area contributed by atoms with Crippen LogP contribution in [0.15, 0.2) is 42.7 Å². The zero-order valence-corrected chi connectivity index (χ0v) is 20.3. The molecule has 1 aromatic carbocycles. The van der Waals surface area contributed by atoms with Crippen molar-refractivity contribution in [1.29, 1.82) is 0 Å². The van der Waals surface area contributed by atoms with Crippen LogP contribution >= 0.6 is 0 Å². The van der Waals surface area contributed by atoms with Gasteiger partial charge in [0.25, 0.3) is 11.8 Å². The number of aromatic nitrogens is 1. The number of methoxy groups -OCH3 is 1. The Balaban J connectivity index is 1.99. The smallest absolute Gasteiger partial charge is 0.257 e. The summed E-state index contributed by atoms with van der Waals surface area (Å²) in [5.41, 5.74) is 1.33. The summed E-state index contributed by atoms with van der Waals surface area (Å²) in [7, 11) is 3.30. The highest BCUT2D eigenvalue weighted by molar-refractivity contribution is 5.99. The highest BCUT2D eigenvalue weighted by Gasteiger charge is 2.31. The molecule has 1 N–H and O–H groups in total. The van der Waals surface area contributed by atoms with E-state index in [9.17, 15) is 14.4 Å². The first-order valence-corrected chi connectivity index (χ1v) is 11.2. The Morgan fingerprint density at radius 2 is 1.97 bits per heavy atom. The molecule has 34 heavy (non-hydrogen) atoms. The van der Waals surface area contributed by atoms with Crippen LogP contribution in [-0.2, 0) is 9.53 Å². The fourth-order valence-corrected chi connectivity index (χ4v) is 4.00. The Kier molecular flexibility index (Phi) is 8.22. The molecule has 1 aliphatic rings. The fraction of sp³-hybridized carbons (Fsp3) is 0.440. The van der Waals surface area contributed by atoms with E-state index in [-0.39, 0.29) is 42.4 Å². The van der Waals surface area contributed by atoms with Gasteiger partial charge in [-0.05, 0) is 37.3 Å². The normalized spacial score (nSPS) is 21.6. The van der Waals surface area contributed by atoms with Gasteiger partial charge in [-0.25, -0.2) is 0 Å². The molecule has 0 radical (unpaired) electrons. The van der Waals surface area contributed by atoms with Gasteiger partial charge >= 0.3 is 0 Å². The first-order chi connectivity index (χ1) is 16.2. The van der Waals surface area contributed by atoms with Gasteiger partial charge in [0.1, 0.15) is 12.4 Å². The van der Waals surface area contributed by atoms with E-state index in [4.69, 9.17) is 9.47 Å². The maximum Gasteiger partial charge on any atom is 0.257 e. The number of likely N-dealkylation sites (N-methyl/N-ethyl adjacent to an activating group) is 1. The van der Waals surface area contributed by atoms with Crippen LogP contribution in [0.4, 0.5) is 5.69 Å². The van der Waals surface area contributed by atoms with Crippen molar-refractivity contribution in [3.05, 3.63) is 53.9 Å². The molecule has 1 aliphatic heterocycles. The van der Waals surface area contributed by atoms with Gasteiger partial charge in [-0.2, -0.15) is 0 Å². The average molecular weight is 469 g/mol. The monoisotopic (exact) mass is 468 g/mol. The number of benzene rings is 1. The summed E-state index contributed by atoms with van der Waals surface area (Å²) in [5.74, 6) is -0.301. The highest BCUT2D eigenvalue weighted by Crippen LogP contribution is 2.26. The Morgan fingerprint density at radius 1 is 1.21 bits per heavy atom. The van der Waals surface area contributed by atoms with E-state index < -0.39 is 0 Å². The number of pyridine rings is 1. The summed E-state index contributed by atoms with van der Waals surface area (Å²) in [5, 5.41) is 2.70. The van der Waals surface area contributed by atoms with Crippen molar-refractivity contribution in [3.63, 3.8) is 0 Å². The number of rotatable bonds is 3. The van der Waals surface area contributed by atoms with Crippen molar-refractivity contribution < 1.29 is 23.9 Å². The third kappa shape index (κ3) is 5.91. The maximum absolute atomic E-state index is 13.4. The van der Waals surface area contributed by atoms with Crippen molar-refractivity contribution in [1.82, 2.24) is 14.8 Å². The number of fused-ring (bicyclic) bond motifs is 1. The Labute approximate surface area is 200 Å². The average Bonchev–Trinajstić information content (AvgIpc) is 2.83. The Hall–Kier alpha value is -3.46. The maximum atomic E-state index is 13.4. The third-order valence-corrected chi connectivity index (χ3v) is 5.93. The van der Waals surface area contributed by atoms with E-state index in [1.165, 1.54) is 6.92 Å². The number of hydrogen-bond donors (Lipinski definition) is 1. The molecule has 182 valence electrons. The molecule has 0 unspecified atom stereocenters. The summed E-state index contributed by atoms with van der Waals surface area (Å²) < 4.78 is 11.8. The zero-order valence-electron chi connectivity index (χ0n) is 20.3. The van der Waals surface area contributed by atoms with Crippen molar-refractivity contribution in [2.24, 2.45) is 5.92 Å². The van der Waals surface area contributed by atoms with Crippen LogP contribution < -0.4 is 10.1 Å². The van der Waals surface area contributed by atoms with Gasteiger partial charge in [0, 0.05) is 58.2 Å². The van der Waals surface area contributed by atoms with E-state index in [0.29, 0.717) is 35.7 Å². The molecule has 3 rings (SSSR count). The second-order valence-electron chi connectivity index (χ2n) is 8.69. The van der Waals surface area contributed by atoms with E-state index in [1.807, 2.05) is 13.8 Å². The number of amides is 3. The molecule has 3 amide bonds.